The summed E-state index contributed by atoms with van der Waals surface area (Å²) in [5.41, 5.74) is 1.10. The molecule has 0 spiro atoms. The number of hydrogen-bond donors (Lipinski definition) is 1. The summed E-state index contributed by atoms with van der Waals surface area (Å²) in [6.07, 6.45) is -0.977. The molecule has 5 nitrogen and oxygen atoms in total. The third-order valence-electron chi connectivity index (χ3n) is 3.32. The second-order valence-corrected chi connectivity index (χ2v) is 5.12. The molecule has 0 aliphatic heterocycles. The molecule has 2 rings (SSSR count). The lowest BCUT2D eigenvalue weighted by Crippen LogP contribution is -2.30. The molecule has 24 heavy (non-hydrogen) atoms. The first-order valence-electron chi connectivity index (χ1n) is 7.37. The zero-order valence-electron chi connectivity index (χ0n) is 13.4. The number of methoxy groups -OCH3 is 1. The van der Waals surface area contributed by atoms with Gasteiger partial charge in [-0.25, -0.2) is 4.39 Å². The summed E-state index contributed by atoms with van der Waals surface area (Å²) in [5, 5.41) is 2.55. The van der Waals surface area contributed by atoms with E-state index in [2.05, 4.69) is 5.32 Å². The number of benzene rings is 2. The van der Waals surface area contributed by atoms with Gasteiger partial charge in [0.2, 0.25) is 0 Å². The van der Waals surface area contributed by atoms with Gasteiger partial charge in [0.15, 0.2) is 6.10 Å². The van der Waals surface area contributed by atoms with Crippen LogP contribution in [0.4, 0.5) is 10.1 Å². The molecule has 0 saturated carbocycles. The van der Waals surface area contributed by atoms with Crippen molar-refractivity contribution in [1.82, 2.24) is 0 Å². The van der Waals surface area contributed by atoms with Crippen LogP contribution in [0.1, 0.15) is 12.5 Å². The molecule has 0 heterocycles. The highest BCUT2D eigenvalue weighted by Gasteiger charge is 2.19. The van der Waals surface area contributed by atoms with Crippen molar-refractivity contribution in [3.8, 4) is 5.75 Å². The highest BCUT2D eigenvalue weighted by Crippen LogP contribution is 2.18. The van der Waals surface area contributed by atoms with E-state index in [1.165, 1.54) is 38.3 Å². The third kappa shape index (κ3) is 4.81. The standard InChI is InChI=1S/C18H18FNO4/c1-12(18(22)20-15-9-7-14(19)8-10-15)24-17(21)11-13-5-3-4-6-16(13)23-2/h3-10,12H,11H2,1-2H3,(H,20,22)/t12-/m0/s1. The number of carbonyl (C=O) groups is 2. The van der Waals surface area contributed by atoms with Crippen molar-refractivity contribution in [2.24, 2.45) is 0 Å². The average Bonchev–Trinajstić information content (AvgIpc) is 2.57. The molecular formula is C18H18FNO4. The first kappa shape index (κ1) is 17.5. The Kier molecular flexibility index (Phi) is 5.89. The van der Waals surface area contributed by atoms with Gasteiger partial charge in [-0.15, -0.1) is 0 Å². The second kappa shape index (κ2) is 8.10. The Morgan fingerprint density at radius 2 is 1.79 bits per heavy atom. The monoisotopic (exact) mass is 331 g/mol. The van der Waals surface area contributed by atoms with E-state index in [4.69, 9.17) is 9.47 Å². The fraction of sp³-hybridized carbons (Fsp3) is 0.222. The van der Waals surface area contributed by atoms with Gasteiger partial charge in [-0.1, -0.05) is 18.2 Å². The molecule has 0 unspecified atom stereocenters. The number of nitrogens with one attached hydrogen (secondary N) is 1. The Morgan fingerprint density at radius 1 is 1.12 bits per heavy atom. The summed E-state index contributed by atoms with van der Waals surface area (Å²) in [7, 11) is 1.52. The smallest absolute Gasteiger partial charge is 0.311 e. The van der Waals surface area contributed by atoms with Crippen LogP contribution in [0.2, 0.25) is 0 Å². The summed E-state index contributed by atoms with van der Waals surface area (Å²) < 4.78 is 23.1. The molecular weight excluding hydrogens is 313 g/mol. The van der Waals surface area contributed by atoms with E-state index < -0.39 is 23.8 Å². The number of esters is 1. The van der Waals surface area contributed by atoms with E-state index in [0.717, 1.165) is 0 Å². The molecule has 0 aliphatic carbocycles. The Hall–Kier alpha value is -2.89. The van der Waals surface area contributed by atoms with E-state index in [1.54, 1.807) is 24.3 Å². The molecule has 6 heteroatoms. The number of ether oxygens (including phenoxy) is 2. The van der Waals surface area contributed by atoms with Crippen molar-refractivity contribution in [1.29, 1.82) is 0 Å². The molecule has 0 aliphatic rings. The summed E-state index contributed by atoms with van der Waals surface area (Å²) in [6.45, 7) is 1.47. The molecule has 0 bridgehead atoms. The summed E-state index contributed by atoms with van der Waals surface area (Å²) in [4.78, 5) is 24.0. The van der Waals surface area contributed by atoms with Gasteiger partial charge >= 0.3 is 5.97 Å². The number of rotatable bonds is 6. The van der Waals surface area contributed by atoms with E-state index >= 15 is 0 Å². The van der Waals surface area contributed by atoms with Crippen LogP contribution in [-0.4, -0.2) is 25.1 Å². The predicted octanol–water partition coefficient (Wildman–Crippen LogP) is 2.95. The summed E-state index contributed by atoms with van der Waals surface area (Å²) in [5.74, 6) is -0.849. The first-order chi connectivity index (χ1) is 11.5. The Balaban J connectivity index is 1.90. The second-order valence-electron chi connectivity index (χ2n) is 5.12. The zero-order valence-corrected chi connectivity index (χ0v) is 13.4. The van der Waals surface area contributed by atoms with Crippen LogP contribution in [0.3, 0.4) is 0 Å². The zero-order chi connectivity index (χ0) is 17.5. The summed E-state index contributed by atoms with van der Waals surface area (Å²) >= 11 is 0. The molecule has 2 aromatic carbocycles. The molecule has 0 radical (unpaired) electrons. The minimum Gasteiger partial charge on any atom is -0.496 e. The van der Waals surface area contributed by atoms with Crippen molar-refractivity contribution < 1.29 is 23.5 Å². The van der Waals surface area contributed by atoms with Crippen molar-refractivity contribution >= 4 is 17.6 Å². The highest BCUT2D eigenvalue weighted by atomic mass is 19.1. The van der Waals surface area contributed by atoms with Gasteiger partial charge in [-0.2, -0.15) is 0 Å². The minimum absolute atomic E-state index is 0.00180. The third-order valence-corrected chi connectivity index (χ3v) is 3.32. The normalized spacial score (nSPS) is 11.5. The van der Waals surface area contributed by atoms with Crippen LogP contribution in [0.25, 0.3) is 0 Å². The topological polar surface area (TPSA) is 64.6 Å². The Bertz CT molecular complexity index is 715. The van der Waals surface area contributed by atoms with Crippen LogP contribution in [0.15, 0.2) is 48.5 Å². The predicted molar refractivity (Wildman–Crippen MR) is 87.3 cm³/mol. The van der Waals surface area contributed by atoms with Crippen LogP contribution < -0.4 is 10.1 Å². The fourth-order valence-electron chi connectivity index (χ4n) is 2.07. The Labute approximate surface area is 139 Å². The molecule has 0 aromatic heterocycles. The average molecular weight is 331 g/mol. The largest absolute Gasteiger partial charge is 0.496 e. The fourth-order valence-corrected chi connectivity index (χ4v) is 2.07. The van der Waals surface area contributed by atoms with Crippen LogP contribution >= 0.6 is 0 Å². The number of halogens is 1. The molecule has 0 saturated heterocycles. The lowest BCUT2D eigenvalue weighted by molar-refractivity contribution is -0.152. The lowest BCUT2D eigenvalue weighted by atomic mass is 10.1. The SMILES string of the molecule is COc1ccccc1CC(=O)O[C@@H](C)C(=O)Nc1ccc(F)cc1. The number of anilines is 1. The van der Waals surface area contributed by atoms with Gasteiger partial charge in [0.05, 0.1) is 13.5 Å². The maximum absolute atomic E-state index is 12.8. The minimum atomic E-state index is -0.975. The molecule has 126 valence electrons. The van der Waals surface area contributed by atoms with Gasteiger partial charge in [-0.3, -0.25) is 9.59 Å². The molecule has 1 atom stereocenters. The molecule has 1 amide bonds. The van der Waals surface area contributed by atoms with Crippen LogP contribution in [0.5, 0.6) is 5.75 Å². The number of hydrogen-bond acceptors (Lipinski definition) is 4. The maximum atomic E-state index is 12.8. The van der Waals surface area contributed by atoms with Gasteiger partial charge < -0.3 is 14.8 Å². The Morgan fingerprint density at radius 3 is 2.46 bits per heavy atom. The van der Waals surface area contributed by atoms with E-state index in [9.17, 15) is 14.0 Å². The van der Waals surface area contributed by atoms with E-state index in [0.29, 0.717) is 17.0 Å². The molecule has 2 aromatic rings. The lowest BCUT2D eigenvalue weighted by Gasteiger charge is -2.14. The van der Waals surface area contributed by atoms with Gasteiger partial charge in [0, 0.05) is 11.3 Å². The van der Waals surface area contributed by atoms with E-state index in [1.807, 2.05) is 0 Å². The number of para-hydroxylation sites is 1. The molecule has 0 fully saturated rings. The van der Waals surface area contributed by atoms with Crippen molar-refractivity contribution in [2.75, 3.05) is 12.4 Å². The first-order valence-corrected chi connectivity index (χ1v) is 7.37. The quantitative estimate of drug-likeness (QED) is 0.827. The van der Waals surface area contributed by atoms with Crippen molar-refractivity contribution in [3.05, 3.63) is 59.9 Å². The van der Waals surface area contributed by atoms with Crippen LogP contribution in [0, 0.1) is 5.82 Å². The highest BCUT2D eigenvalue weighted by molar-refractivity contribution is 5.95. The summed E-state index contributed by atoms with van der Waals surface area (Å²) in [6, 6.07) is 12.4. The molecule has 1 N–H and O–H groups in total. The maximum Gasteiger partial charge on any atom is 0.311 e. The number of carbonyl (C=O) groups excluding carboxylic acids is 2. The van der Waals surface area contributed by atoms with Crippen molar-refractivity contribution in [2.45, 2.75) is 19.4 Å². The van der Waals surface area contributed by atoms with E-state index in [-0.39, 0.29) is 6.42 Å². The van der Waals surface area contributed by atoms with Crippen molar-refractivity contribution in [3.63, 3.8) is 0 Å². The van der Waals surface area contributed by atoms with Gasteiger partial charge in [-0.05, 0) is 37.3 Å². The van der Waals surface area contributed by atoms with Gasteiger partial charge in [0.1, 0.15) is 11.6 Å². The van der Waals surface area contributed by atoms with Gasteiger partial charge in [0.25, 0.3) is 5.91 Å². The van der Waals surface area contributed by atoms with Crippen LogP contribution in [-0.2, 0) is 20.7 Å². The number of amides is 1.